The molecule has 4 heterocycles. The van der Waals surface area contributed by atoms with Crippen molar-refractivity contribution in [3.05, 3.63) is 0 Å². The van der Waals surface area contributed by atoms with Crippen LogP contribution in [-0.4, -0.2) is 144 Å². The molecule has 19 heteroatoms. The van der Waals surface area contributed by atoms with Crippen molar-refractivity contribution >= 4 is 57.6 Å². The van der Waals surface area contributed by atoms with E-state index in [4.69, 9.17) is 4.74 Å². The van der Waals surface area contributed by atoms with Crippen LogP contribution in [0.3, 0.4) is 0 Å². The second-order valence-electron chi connectivity index (χ2n) is 12.4. The number of hydrogen-bond acceptors (Lipinski definition) is 13. The summed E-state index contributed by atoms with van der Waals surface area (Å²) in [5.41, 5.74) is 3.24. The fraction of sp³-hybridized carbons (Fsp3) is 0.731. The molecule has 4 aliphatic heterocycles. The van der Waals surface area contributed by atoms with Crippen LogP contribution in [0.5, 0.6) is 0 Å². The number of hydrazone groups is 1. The Morgan fingerprint density at radius 2 is 1.73 bits per heavy atom. The van der Waals surface area contributed by atoms with Crippen LogP contribution in [0.1, 0.15) is 47.0 Å². The molecule has 7 N–H and O–H groups in total. The van der Waals surface area contributed by atoms with Crippen molar-refractivity contribution < 1.29 is 48.8 Å². The Morgan fingerprint density at radius 3 is 2.40 bits per heavy atom. The number of fused-ring (bicyclic) bond motifs is 3. The Kier molecular flexibility index (Phi) is 10.2. The van der Waals surface area contributed by atoms with Crippen molar-refractivity contribution in [2.24, 2.45) is 5.10 Å². The maximum Gasteiger partial charge on any atom is 0.334 e. The van der Waals surface area contributed by atoms with E-state index in [-0.39, 0.29) is 24.2 Å². The summed E-state index contributed by atoms with van der Waals surface area (Å²) >= 11 is 3.48. The van der Waals surface area contributed by atoms with Gasteiger partial charge in [0.2, 0.25) is 11.8 Å². The summed E-state index contributed by atoms with van der Waals surface area (Å²) in [6, 6.07) is -5.50. The standard InChI is InChI=1S/C26H39BrN8O10/c1-12-22(42)33-15(7-13(27)8-28-33)23(43)34-14(5-6-25(2,3)32-34)20(40)31-26(4,11-36)24(44)45-10-17(38)35-18(21(41)30-12)19(39)16(37)9-29-35/h9,12-16,18-19,28,32,36-37,39H,5-8,10-11H2,1-4H3,(H,30,41)(H,31,40)/t12-,13-,14+,15+,16+,18+,19+,26-/m0/s1. The van der Waals surface area contributed by atoms with Crippen molar-refractivity contribution in [1.82, 2.24) is 36.5 Å². The van der Waals surface area contributed by atoms with E-state index in [0.717, 1.165) is 16.2 Å². The lowest BCUT2D eigenvalue weighted by atomic mass is 9.91. The number of rotatable bonds is 1. The van der Waals surface area contributed by atoms with Gasteiger partial charge in [0.05, 0.1) is 12.8 Å². The van der Waals surface area contributed by atoms with Gasteiger partial charge in [-0.3, -0.25) is 34.0 Å². The van der Waals surface area contributed by atoms with Gasteiger partial charge < -0.3 is 30.7 Å². The first-order valence-corrected chi connectivity index (χ1v) is 15.4. The van der Waals surface area contributed by atoms with Crippen molar-refractivity contribution in [3.8, 4) is 0 Å². The molecular weight excluding hydrogens is 664 g/mol. The Bertz CT molecular complexity index is 1270. The van der Waals surface area contributed by atoms with Crippen LogP contribution in [-0.2, 0) is 33.5 Å². The van der Waals surface area contributed by atoms with Gasteiger partial charge in [-0.1, -0.05) is 15.9 Å². The minimum absolute atomic E-state index is 0.121. The lowest BCUT2D eigenvalue weighted by Crippen LogP contribution is -2.72. The number of hydrogen-bond donors (Lipinski definition) is 7. The van der Waals surface area contributed by atoms with E-state index in [9.17, 15) is 44.1 Å². The minimum Gasteiger partial charge on any atom is -0.454 e. The van der Waals surface area contributed by atoms with Crippen molar-refractivity contribution in [2.45, 2.75) is 99.2 Å². The number of carbonyl (C=O) groups excluding carboxylic acids is 6. The summed E-state index contributed by atoms with van der Waals surface area (Å²) < 4.78 is 5.09. The average molecular weight is 704 g/mol. The molecule has 0 bridgehead atoms. The molecule has 0 aromatic rings. The van der Waals surface area contributed by atoms with Crippen LogP contribution in [0.15, 0.2) is 5.10 Å². The second kappa shape index (κ2) is 13.2. The van der Waals surface area contributed by atoms with Crippen LogP contribution in [0.2, 0.25) is 0 Å². The highest BCUT2D eigenvalue weighted by molar-refractivity contribution is 9.09. The van der Waals surface area contributed by atoms with Gasteiger partial charge in [-0.2, -0.15) is 5.10 Å². The van der Waals surface area contributed by atoms with Gasteiger partial charge in [0.15, 0.2) is 18.2 Å². The van der Waals surface area contributed by atoms with E-state index in [0.29, 0.717) is 11.4 Å². The van der Waals surface area contributed by atoms with Crippen molar-refractivity contribution in [1.29, 1.82) is 0 Å². The molecule has 8 atom stereocenters. The number of carbonyl (C=O) groups is 6. The molecule has 0 aliphatic carbocycles. The number of halogens is 1. The van der Waals surface area contributed by atoms with Crippen molar-refractivity contribution in [3.63, 3.8) is 0 Å². The number of amides is 5. The van der Waals surface area contributed by atoms with Gasteiger partial charge in [-0.25, -0.2) is 20.7 Å². The van der Waals surface area contributed by atoms with E-state index in [1.54, 1.807) is 0 Å². The highest BCUT2D eigenvalue weighted by atomic mass is 79.9. The lowest BCUT2D eigenvalue weighted by Gasteiger charge is -2.47. The first-order valence-electron chi connectivity index (χ1n) is 14.4. The summed E-state index contributed by atoms with van der Waals surface area (Å²) in [7, 11) is 0. The molecule has 18 nitrogen and oxygen atoms in total. The van der Waals surface area contributed by atoms with E-state index in [2.05, 4.69) is 42.5 Å². The van der Waals surface area contributed by atoms with Gasteiger partial charge >= 0.3 is 5.97 Å². The topological polar surface area (TPSA) is 243 Å². The molecule has 0 radical (unpaired) electrons. The van der Waals surface area contributed by atoms with Crippen LogP contribution in [0.4, 0.5) is 0 Å². The predicted octanol–water partition coefficient (Wildman–Crippen LogP) is -4.02. The van der Waals surface area contributed by atoms with Crippen LogP contribution >= 0.6 is 15.9 Å². The fourth-order valence-electron chi connectivity index (χ4n) is 5.43. The number of aliphatic hydroxyl groups is 3. The number of ether oxygens (including phenoxy) is 1. The van der Waals surface area contributed by atoms with Gasteiger partial charge in [0.25, 0.3) is 17.7 Å². The number of nitrogens with zero attached hydrogens (tertiary/aromatic N) is 4. The number of nitrogens with one attached hydrogen (secondary N) is 4. The second-order valence-corrected chi connectivity index (χ2v) is 13.7. The molecule has 0 spiro atoms. The van der Waals surface area contributed by atoms with Crippen LogP contribution in [0, 0.1) is 0 Å². The third kappa shape index (κ3) is 7.12. The molecule has 0 saturated carbocycles. The minimum atomic E-state index is -2.06. The van der Waals surface area contributed by atoms with E-state index < -0.39 is 96.2 Å². The molecular formula is C26H39BrN8O10. The van der Waals surface area contributed by atoms with E-state index in [1.807, 2.05) is 13.8 Å². The van der Waals surface area contributed by atoms with Crippen molar-refractivity contribution in [2.75, 3.05) is 19.8 Å². The van der Waals surface area contributed by atoms with Crippen LogP contribution in [0.25, 0.3) is 0 Å². The first kappa shape index (κ1) is 34.6. The summed E-state index contributed by atoms with van der Waals surface area (Å²) in [6.07, 6.45) is -2.00. The maximum absolute atomic E-state index is 14.2. The monoisotopic (exact) mass is 702 g/mol. The van der Waals surface area contributed by atoms with Gasteiger partial charge in [0.1, 0.15) is 30.3 Å². The SMILES string of the molecule is C[C@@H]1NC(=O)[C@H]2[C@H](O)[C@H](O)C=NN2C(=O)COC(=O)[C@](C)(CO)NC(=O)[C@H]2CCC(C)(C)NN2C(=O)[C@H]2C[C@H](Br)CNN2C1=O. The van der Waals surface area contributed by atoms with E-state index in [1.165, 1.54) is 13.8 Å². The first-order chi connectivity index (χ1) is 21.0. The lowest BCUT2D eigenvalue weighted by molar-refractivity contribution is -0.167. The quantitative estimate of drug-likeness (QED) is 0.102. The zero-order valence-electron chi connectivity index (χ0n) is 25.2. The third-order valence-electron chi connectivity index (χ3n) is 8.14. The number of esters is 1. The zero-order chi connectivity index (χ0) is 33.4. The highest BCUT2D eigenvalue weighted by Gasteiger charge is 2.49. The molecule has 250 valence electrons. The maximum atomic E-state index is 14.2. The highest BCUT2D eigenvalue weighted by Crippen LogP contribution is 2.27. The Balaban J connectivity index is 1.76. The summed E-state index contributed by atoms with van der Waals surface area (Å²) in [5.74, 6) is -5.56. The largest absolute Gasteiger partial charge is 0.454 e. The normalized spacial score (nSPS) is 37.0. The third-order valence-corrected chi connectivity index (χ3v) is 8.84. The number of cyclic esters (lactones) is 1. The molecule has 0 unspecified atom stereocenters. The molecule has 0 aromatic heterocycles. The Morgan fingerprint density at radius 1 is 1.04 bits per heavy atom. The summed E-state index contributed by atoms with van der Waals surface area (Å²) in [4.78, 5) is 80.8. The van der Waals surface area contributed by atoms with Gasteiger partial charge in [-0.05, 0) is 47.0 Å². The van der Waals surface area contributed by atoms with E-state index >= 15 is 0 Å². The molecule has 3 fully saturated rings. The summed E-state index contributed by atoms with van der Waals surface area (Å²) in [6.45, 7) is 4.41. The molecule has 3 saturated heterocycles. The number of aliphatic hydroxyl groups excluding tert-OH is 3. The number of hydrazine groups is 2. The number of alkyl halides is 1. The van der Waals surface area contributed by atoms with Gasteiger partial charge in [0, 0.05) is 16.9 Å². The average Bonchev–Trinajstić information content (AvgIpc) is 2.98. The zero-order valence-corrected chi connectivity index (χ0v) is 26.8. The molecule has 4 rings (SSSR count). The Hall–Kier alpha value is -3.23. The Labute approximate surface area is 266 Å². The smallest absolute Gasteiger partial charge is 0.334 e. The molecule has 0 aromatic carbocycles. The molecule has 45 heavy (non-hydrogen) atoms. The predicted molar refractivity (Wildman–Crippen MR) is 156 cm³/mol. The fourth-order valence-corrected chi connectivity index (χ4v) is 5.93. The molecule has 4 aliphatic rings. The summed E-state index contributed by atoms with van der Waals surface area (Å²) in [5, 5.41) is 42.1. The molecule has 5 amide bonds. The van der Waals surface area contributed by atoms with Gasteiger partial charge in [-0.15, -0.1) is 0 Å². The van der Waals surface area contributed by atoms with Crippen LogP contribution < -0.4 is 21.5 Å².